The minimum absolute atomic E-state index is 0.112. The highest BCUT2D eigenvalue weighted by Gasteiger charge is 2.27. The summed E-state index contributed by atoms with van der Waals surface area (Å²) in [5, 5.41) is 0. The Morgan fingerprint density at radius 3 is 2.20 bits per heavy atom. The second-order valence-electron chi connectivity index (χ2n) is 4.24. The summed E-state index contributed by atoms with van der Waals surface area (Å²) in [6, 6.07) is 0. The zero-order valence-corrected chi connectivity index (χ0v) is 9.82. The molecule has 1 saturated heterocycles. The molecule has 0 aromatic carbocycles. The molecule has 0 aliphatic carbocycles. The number of rotatable bonds is 2. The van der Waals surface area contributed by atoms with Crippen LogP contribution in [-0.2, 0) is 9.59 Å². The normalized spacial score (nSPS) is 17.7. The van der Waals surface area contributed by atoms with Gasteiger partial charge in [0.1, 0.15) is 0 Å². The smallest absolute Gasteiger partial charge is 0.225 e. The molecule has 4 heteroatoms. The first-order valence-corrected chi connectivity index (χ1v) is 5.55. The number of nitrogens with zero attached hydrogens (tertiary/aromatic N) is 2. The van der Waals surface area contributed by atoms with Crippen LogP contribution in [0, 0.1) is 5.92 Å². The molecule has 4 nitrogen and oxygen atoms in total. The SMILES string of the molecule is CCC(=O)N1CCC(C(=O)N(C)C)CC1. The van der Waals surface area contributed by atoms with Crippen molar-refractivity contribution >= 4 is 11.8 Å². The van der Waals surface area contributed by atoms with Gasteiger partial charge in [-0.05, 0) is 12.8 Å². The van der Waals surface area contributed by atoms with Crippen LogP contribution >= 0.6 is 0 Å². The highest BCUT2D eigenvalue weighted by Crippen LogP contribution is 2.19. The molecule has 15 heavy (non-hydrogen) atoms. The zero-order valence-electron chi connectivity index (χ0n) is 9.82. The van der Waals surface area contributed by atoms with Crippen LogP contribution in [0.1, 0.15) is 26.2 Å². The highest BCUT2D eigenvalue weighted by molar-refractivity contribution is 5.79. The number of hydrogen-bond donors (Lipinski definition) is 0. The Morgan fingerprint density at radius 2 is 1.80 bits per heavy atom. The zero-order chi connectivity index (χ0) is 11.4. The molecule has 0 atom stereocenters. The van der Waals surface area contributed by atoms with Gasteiger partial charge in [0.2, 0.25) is 11.8 Å². The Bertz CT molecular complexity index is 243. The monoisotopic (exact) mass is 212 g/mol. The number of likely N-dealkylation sites (tertiary alicyclic amines) is 1. The van der Waals surface area contributed by atoms with Crippen LogP contribution in [0.3, 0.4) is 0 Å². The molecular weight excluding hydrogens is 192 g/mol. The molecule has 86 valence electrons. The predicted octanol–water partition coefficient (Wildman–Crippen LogP) is 0.723. The van der Waals surface area contributed by atoms with Crippen molar-refractivity contribution in [3.63, 3.8) is 0 Å². The van der Waals surface area contributed by atoms with Gasteiger partial charge in [0.05, 0.1) is 0 Å². The standard InChI is InChI=1S/C11H20N2O2/c1-4-10(14)13-7-5-9(6-8-13)11(15)12(2)3/h9H,4-8H2,1-3H3. The minimum Gasteiger partial charge on any atom is -0.349 e. The lowest BCUT2D eigenvalue weighted by atomic mass is 9.95. The summed E-state index contributed by atoms with van der Waals surface area (Å²) in [7, 11) is 3.57. The molecule has 1 aliphatic rings. The van der Waals surface area contributed by atoms with Crippen LogP contribution in [0.2, 0.25) is 0 Å². The van der Waals surface area contributed by atoms with Crippen LogP contribution in [0.25, 0.3) is 0 Å². The fourth-order valence-corrected chi connectivity index (χ4v) is 1.96. The fraction of sp³-hybridized carbons (Fsp3) is 0.818. The van der Waals surface area contributed by atoms with Crippen LogP contribution < -0.4 is 0 Å². The lowest BCUT2D eigenvalue weighted by Crippen LogP contribution is -2.42. The van der Waals surface area contributed by atoms with E-state index in [0.29, 0.717) is 6.42 Å². The molecule has 1 aliphatic heterocycles. The molecule has 0 aromatic rings. The topological polar surface area (TPSA) is 40.6 Å². The molecule has 1 rings (SSSR count). The van der Waals surface area contributed by atoms with Gasteiger partial charge in [-0.15, -0.1) is 0 Å². The van der Waals surface area contributed by atoms with Crippen molar-refractivity contribution < 1.29 is 9.59 Å². The van der Waals surface area contributed by atoms with Crippen molar-refractivity contribution in [3.05, 3.63) is 0 Å². The summed E-state index contributed by atoms with van der Waals surface area (Å²) in [6.07, 6.45) is 2.18. The molecular formula is C11H20N2O2. The van der Waals surface area contributed by atoms with Crippen molar-refractivity contribution in [2.45, 2.75) is 26.2 Å². The van der Waals surface area contributed by atoms with E-state index in [4.69, 9.17) is 0 Å². The van der Waals surface area contributed by atoms with E-state index in [2.05, 4.69) is 0 Å². The molecule has 0 radical (unpaired) electrons. The van der Waals surface area contributed by atoms with Crippen molar-refractivity contribution in [2.75, 3.05) is 27.2 Å². The summed E-state index contributed by atoms with van der Waals surface area (Å²) in [6.45, 7) is 3.34. The number of piperidine rings is 1. The van der Waals surface area contributed by atoms with Crippen LogP contribution in [0.15, 0.2) is 0 Å². The van der Waals surface area contributed by atoms with Crippen LogP contribution in [0.4, 0.5) is 0 Å². The van der Waals surface area contributed by atoms with E-state index < -0.39 is 0 Å². The van der Waals surface area contributed by atoms with E-state index in [-0.39, 0.29) is 17.7 Å². The summed E-state index contributed by atoms with van der Waals surface area (Å²) in [4.78, 5) is 26.6. The summed E-state index contributed by atoms with van der Waals surface area (Å²) in [5.74, 6) is 0.505. The molecule has 0 N–H and O–H groups in total. The van der Waals surface area contributed by atoms with Gasteiger partial charge in [-0.3, -0.25) is 9.59 Å². The van der Waals surface area contributed by atoms with E-state index in [0.717, 1.165) is 25.9 Å². The first kappa shape index (κ1) is 12.0. The third kappa shape index (κ3) is 2.94. The molecule has 0 spiro atoms. The second kappa shape index (κ2) is 5.14. The van der Waals surface area contributed by atoms with Crippen molar-refractivity contribution in [1.29, 1.82) is 0 Å². The van der Waals surface area contributed by atoms with Gasteiger partial charge in [-0.1, -0.05) is 6.92 Å². The first-order chi connectivity index (χ1) is 7.06. The Morgan fingerprint density at radius 1 is 1.27 bits per heavy atom. The van der Waals surface area contributed by atoms with Gasteiger partial charge < -0.3 is 9.80 Å². The van der Waals surface area contributed by atoms with Gasteiger partial charge in [0.15, 0.2) is 0 Å². The maximum atomic E-state index is 11.7. The largest absolute Gasteiger partial charge is 0.349 e. The quantitative estimate of drug-likeness (QED) is 0.677. The fourth-order valence-electron chi connectivity index (χ4n) is 1.96. The Hall–Kier alpha value is -1.06. The first-order valence-electron chi connectivity index (χ1n) is 5.55. The van der Waals surface area contributed by atoms with Gasteiger partial charge >= 0.3 is 0 Å². The molecule has 0 unspecified atom stereocenters. The number of hydrogen-bond acceptors (Lipinski definition) is 2. The molecule has 2 amide bonds. The molecule has 1 fully saturated rings. The van der Waals surface area contributed by atoms with E-state index >= 15 is 0 Å². The van der Waals surface area contributed by atoms with Gasteiger partial charge in [-0.2, -0.15) is 0 Å². The second-order valence-corrected chi connectivity index (χ2v) is 4.24. The van der Waals surface area contributed by atoms with E-state index in [1.54, 1.807) is 19.0 Å². The molecule has 0 bridgehead atoms. The average molecular weight is 212 g/mol. The summed E-state index contributed by atoms with van der Waals surface area (Å²) in [5.41, 5.74) is 0. The maximum absolute atomic E-state index is 11.7. The van der Waals surface area contributed by atoms with Crippen LogP contribution in [-0.4, -0.2) is 48.8 Å². The summed E-state index contributed by atoms with van der Waals surface area (Å²) >= 11 is 0. The lowest BCUT2D eigenvalue weighted by molar-refractivity contribution is -0.138. The number of carbonyl (C=O) groups is 2. The number of carbonyl (C=O) groups excluding carboxylic acids is 2. The van der Waals surface area contributed by atoms with E-state index in [9.17, 15) is 9.59 Å². The third-order valence-corrected chi connectivity index (χ3v) is 2.94. The Kier molecular flexibility index (Phi) is 4.12. The van der Waals surface area contributed by atoms with Crippen LogP contribution in [0.5, 0.6) is 0 Å². The average Bonchev–Trinajstić information content (AvgIpc) is 2.27. The Labute approximate surface area is 91.2 Å². The summed E-state index contributed by atoms with van der Waals surface area (Å²) < 4.78 is 0. The molecule has 1 heterocycles. The van der Waals surface area contributed by atoms with Gasteiger partial charge in [0.25, 0.3) is 0 Å². The predicted molar refractivity (Wildman–Crippen MR) is 58.3 cm³/mol. The lowest BCUT2D eigenvalue weighted by Gasteiger charge is -2.32. The van der Waals surface area contributed by atoms with Gasteiger partial charge in [-0.25, -0.2) is 0 Å². The van der Waals surface area contributed by atoms with E-state index in [1.165, 1.54) is 0 Å². The van der Waals surface area contributed by atoms with Gasteiger partial charge in [0, 0.05) is 39.5 Å². The molecule has 0 saturated carbocycles. The molecule has 0 aromatic heterocycles. The number of amides is 2. The van der Waals surface area contributed by atoms with Crippen molar-refractivity contribution in [1.82, 2.24) is 9.80 Å². The third-order valence-electron chi connectivity index (χ3n) is 2.94. The maximum Gasteiger partial charge on any atom is 0.225 e. The Balaban J connectivity index is 2.42. The minimum atomic E-state index is 0.112. The van der Waals surface area contributed by atoms with Crippen molar-refractivity contribution in [3.8, 4) is 0 Å². The van der Waals surface area contributed by atoms with Crippen molar-refractivity contribution in [2.24, 2.45) is 5.92 Å². The van der Waals surface area contributed by atoms with E-state index in [1.807, 2.05) is 11.8 Å². The highest BCUT2D eigenvalue weighted by atomic mass is 16.2.